The third kappa shape index (κ3) is 7.16. The summed E-state index contributed by atoms with van der Waals surface area (Å²) in [5.74, 6) is 0.631. The quantitative estimate of drug-likeness (QED) is 0.269. The average Bonchev–Trinajstić information content (AvgIpc) is 2.42. The maximum atomic E-state index is 5.72. The maximum Gasteiger partial charge on any atom is 0.176 e. The zero-order chi connectivity index (χ0) is 13.9. The predicted molar refractivity (Wildman–Crippen MR) is 81.0 cm³/mol. The van der Waals surface area contributed by atoms with E-state index in [0.29, 0.717) is 10.9 Å². The normalized spacial score (nSPS) is 11.6. The van der Waals surface area contributed by atoms with Crippen LogP contribution in [0.3, 0.4) is 0 Å². The van der Waals surface area contributed by atoms with Gasteiger partial charge >= 0.3 is 0 Å². The van der Waals surface area contributed by atoms with Crippen LogP contribution in [-0.4, -0.2) is 10.7 Å². The number of nitrogens with zero attached hydrogens (tertiary/aromatic N) is 2. The molecule has 0 fully saturated rings. The lowest BCUT2D eigenvalue weighted by Crippen LogP contribution is -2.01. The van der Waals surface area contributed by atoms with E-state index in [1.165, 1.54) is 25.7 Å². The monoisotopic (exact) mass is 282 g/mol. The van der Waals surface area contributed by atoms with Gasteiger partial charge in [-0.15, -0.1) is 0 Å². The van der Waals surface area contributed by atoms with Crippen molar-refractivity contribution < 1.29 is 4.84 Å². The van der Waals surface area contributed by atoms with Crippen LogP contribution in [0.15, 0.2) is 23.5 Å². The lowest BCUT2D eigenvalue weighted by Gasteiger charge is -2.05. The molecule has 1 aromatic rings. The van der Waals surface area contributed by atoms with Crippen molar-refractivity contribution in [1.82, 2.24) is 4.98 Å². The summed E-state index contributed by atoms with van der Waals surface area (Å²) in [5, 5.41) is 4.71. The van der Waals surface area contributed by atoms with Crippen molar-refractivity contribution in [2.75, 3.05) is 0 Å². The van der Waals surface area contributed by atoms with E-state index in [0.717, 1.165) is 25.0 Å². The summed E-state index contributed by atoms with van der Waals surface area (Å²) in [6.07, 6.45) is 9.70. The molecule has 0 bridgehead atoms. The Bertz CT molecular complexity index is 376. The predicted octanol–water partition coefficient (Wildman–Crippen LogP) is 5.24. The first-order valence-electron chi connectivity index (χ1n) is 7.10. The van der Waals surface area contributed by atoms with Crippen molar-refractivity contribution in [1.29, 1.82) is 0 Å². The minimum Gasteiger partial charge on any atom is -0.355 e. The maximum absolute atomic E-state index is 5.72. The largest absolute Gasteiger partial charge is 0.355 e. The van der Waals surface area contributed by atoms with E-state index in [4.69, 9.17) is 16.4 Å². The molecule has 0 aliphatic heterocycles. The Balaban J connectivity index is 2.45. The number of aromatic nitrogens is 1. The number of rotatable bonds is 9. The second-order valence-corrected chi connectivity index (χ2v) is 5.01. The molecule has 0 saturated heterocycles. The van der Waals surface area contributed by atoms with Gasteiger partial charge < -0.3 is 4.84 Å². The number of pyridine rings is 1. The van der Waals surface area contributed by atoms with Crippen LogP contribution in [0.5, 0.6) is 5.75 Å². The highest BCUT2D eigenvalue weighted by Gasteiger charge is 2.01. The molecule has 3 nitrogen and oxygen atoms in total. The standard InChI is InChI=1S/C15H23ClN2O/c1-3-5-6-7-9-13(8-4-2)18-19-14-10-11-15(16)17-12-14/h10-12H,3-9H2,1-2H3. The van der Waals surface area contributed by atoms with Gasteiger partial charge in [0.15, 0.2) is 5.75 Å². The fourth-order valence-corrected chi connectivity index (χ4v) is 1.91. The molecule has 0 aromatic carbocycles. The molecule has 0 amide bonds. The molecule has 0 N–H and O–H groups in total. The first-order valence-corrected chi connectivity index (χ1v) is 7.48. The van der Waals surface area contributed by atoms with Gasteiger partial charge in [0.1, 0.15) is 5.15 Å². The summed E-state index contributed by atoms with van der Waals surface area (Å²) in [6.45, 7) is 4.38. The van der Waals surface area contributed by atoms with Crippen molar-refractivity contribution in [2.24, 2.45) is 5.16 Å². The first kappa shape index (κ1) is 16.0. The number of hydrogen-bond acceptors (Lipinski definition) is 3. The van der Waals surface area contributed by atoms with Crippen molar-refractivity contribution in [3.8, 4) is 5.75 Å². The molecule has 0 aliphatic carbocycles. The van der Waals surface area contributed by atoms with Crippen molar-refractivity contribution >= 4 is 17.3 Å². The number of hydrogen-bond donors (Lipinski definition) is 0. The van der Waals surface area contributed by atoms with E-state index >= 15 is 0 Å². The second kappa shape index (κ2) is 9.79. The molecule has 0 spiro atoms. The van der Waals surface area contributed by atoms with Gasteiger partial charge in [-0.05, 0) is 31.4 Å². The van der Waals surface area contributed by atoms with Crippen LogP contribution in [0.4, 0.5) is 0 Å². The molecule has 1 aromatic heterocycles. The Morgan fingerprint density at radius 2 is 2.00 bits per heavy atom. The molecular weight excluding hydrogens is 260 g/mol. The van der Waals surface area contributed by atoms with Gasteiger partial charge in [-0.1, -0.05) is 56.3 Å². The minimum atomic E-state index is 0.463. The molecule has 0 atom stereocenters. The fourth-order valence-electron chi connectivity index (χ4n) is 1.79. The first-order chi connectivity index (χ1) is 9.26. The van der Waals surface area contributed by atoms with Crippen LogP contribution in [0.25, 0.3) is 0 Å². The molecule has 1 rings (SSSR count). The van der Waals surface area contributed by atoms with Gasteiger partial charge in [-0.3, -0.25) is 0 Å². The average molecular weight is 283 g/mol. The summed E-state index contributed by atoms with van der Waals surface area (Å²) < 4.78 is 0. The number of unbranched alkanes of at least 4 members (excludes halogenated alkanes) is 3. The second-order valence-electron chi connectivity index (χ2n) is 4.63. The highest BCUT2D eigenvalue weighted by molar-refractivity contribution is 6.29. The molecule has 0 radical (unpaired) electrons. The Labute approximate surface area is 121 Å². The van der Waals surface area contributed by atoms with E-state index in [-0.39, 0.29) is 0 Å². The Morgan fingerprint density at radius 3 is 2.63 bits per heavy atom. The Hall–Kier alpha value is -1.09. The summed E-state index contributed by atoms with van der Waals surface area (Å²) in [5.41, 5.74) is 1.13. The zero-order valence-electron chi connectivity index (χ0n) is 11.9. The third-order valence-electron chi connectivity index (χ3n) is 2.84. The smallest absolute Gasteiger partial charge is 0.176 e. The van der Waals surface area contributed by atoms with Crippen LogP contribution < -0.4 is 4.84 Å². The molecular formula is C15H23ClN2O. The zero-order valence-corrected chi connectivity index (χ0v) is 12.6. The lowest BCUT2D eigenvalue weighted by atomic mass is 10.1. The number of oxime groups is 1. The highest BCUT2D eigenvalue weighted by atomic mass is 35.5. The topological polar surface area (TPSA) is 34.5 Å². The van der Waals surface area contributed by atoms with Crippen molar-refractivity contribution in [3.05, 3.63) is 23.5 Å². The van der Waals surface area contributed by atoms with Crippen LogP contribution in [-0.2, 0) is 0 Å². The minimum absolute atomic E-state index is 0.463. The summed E-state index contributed by atoms with van der Waals surface area (Å²) in [4.78, 5) is 9.36. The fraction of sp³-hybridized carbons (Fsp3) is 0.600. The molecule has 0 aliphatic rings. The molecule has 106 valence electrons. The SMILES string of the molecule is CCCCCCC(CCC)=NOc1ccc(Cl)nc1. The highest BCUT2D eigenvalue weighted by Crippen LogP contribution is 2.13. The molecule has 0 unspecified atom stereocenters. The van der Waals surface area contributed by atoms with Crippen LogP contribution in [0.1, 0.15) is 58.8 Å². The van der Waals surface area contributed by atoms with Crippen molar-refractivity contribution in [2.45, 2.75) is 58.8 Å². The van der Waals surface area contributed by atoms with Crippen LogP contribution in [0.2, 0.25) is 5.15 Å². The van der Waals surface area contributed by atoms with Gasteiger partial charge in [0.2, 0.25) is 0 Å². The number of halogens is 1. The van der Waals surface area contributed by atoms with E-state index < -0.39 is 0 Å². The van der Waals surface area contributed by atoms with Gasteiger partial charge in [-0.2, -0.15) is 0 Å². The van der Waals surface area contributed by atoms with Gasteiger partial charge in [0.05, 0.1) is 11.9 Å². The van der Waals surface area contributed by atoms with Gasteiger partial charge in [-0.25, -0.2) is 4.98 Å². The summed E-state index contributed by atoms with van der Waals surface area (Å²) in [6, 6.07) is 3.48. The summed E-state index contributed by atoms with van der Waals surface area (Å²) >= 11 is 5.72. The summed E-state index contributed by atoms with van der Waals surface area (Å²) in [7, 11) is 0. The molecule has 4 heteroatoms. The van der Waals surface area contributed by atoms with Crippen LogP contribution >= 0.6 is 11.6 Å². The Morgan fingerprint density at radius 1 is 1.16 bits per heavy atom. The van der Waals surface area contributed by atoms with Crippen LogP contribution in [0, 0.1) is 0 Å². The van der Waals surface area contributed by atoms with Gasteiger partial charge in [0, 0.05) is 0 Å². The molecule has 1 heterocycles. The van der Waals surface area contributed by atoms with Gasteiger partial charge in [0.25, 0.3) is 0 Å². The Kier molecular flexibility index (Phi) is 8.23. The molecule has 0 saturated carbocycles. The van der Waals surface area contributed by atoms with E-state index in [2.05, 4.69) is 24.0 Å². The molecule has 19 heavy (non-hydrogen) atoms. The van der Waals surface area contributed by atoms with E-state index in [1.54, 1.807) is 18.3 Å². The van der Waals surface area contributed by atoms with E-state index in [1.807, 2.05) is 0 Å². The van der Waals surface area contributed by atoms with E-state index in [9.17, 15) is 0 Å². The third-order valence-corrected chi connectivity index (χ3v) is 3.06. The lowest BCUT2D eigenvalue weighted by molar-refractivity contribution is 0.336. The van der Waals surface area contributed by atoms with Crippen molar-refractivity contribution in [3.63, 3.8) is 0 Å².